The Balaban J connectivity index is 1.18. The number of rotatable bonds is 26. The molecule has 7 aliphatic heterocycles. The fourth-order valence-corrected chi connectivity index (χ4v) is 11.5. The van der Waals surface area contributed by atoms with E-state index < -0.39 is 297 Å². The van der Waals surface area contributed by atoms with Crippen molar-refractivity contribution in [1.82, 2.24) is 16.0 Å². The largest absolute Gasteiger partial charge is 0.394 e. The number of aliphatic hydroxyl groups is 20. The Morgan fingerprint density at radius 3 is 0.967 bits per heavy atom. The Morgan fingerprint density at radius 2 is 0.630 bits per heavy atom. The van der Waals surface area contributed by atoms with Crippen LogP contribution in [0.5, 0.6) is 0 Å². The molecule has 7 fully saturated rings. The molecule has 0 saturated carbocycles. The second kappa shape index (κ2) is 33.2. The molecule has 0 radical (unpaired) electrons. The fraction of sp³-hybridized carbons (Fsp3) is 0.920. The van der Waals surface area contributed by atoms with Crippen molar-refractivity contribution in [1.29, 1.82) is 0 Å². The van der Waals surface area contributed by atoms with Gasteiger partial charge in [-0.3, -0.25) is 24.5 Å². The van der Waals surface area contributed by atoms with Gasteiger partial charge in [0.1, 0.15) is 171 Å². The highest BCUT2D eigenvalue weighted by Gasteiger charge is 2.60. The van der Waals surface area contributed by atoms with Gasteiger partial charge in [0.25, 0.3) is 0 Å². The van der Waals surface area contributed by atoms with Crippen LogP contribution >= 0.6 is 0 Å². The molecule has 0 aromatic carbocycles. The van der Waals surface area contributed by atoms with Crippen LogP contribution in [-0.4, -0.2) is 393 Å². The van der Waals surface area contributed by atoms with E-state index in [1.807, 2.05) is 0 Å². The van der Waals surface area contributed by atoms with E-state index in [0.29, 0.717) is 0 Å². The molecular formula is C50H85N5O37. The first-order chi connectivity index (χ1) is 43.5. The van der Waals surface area contributed by atoms with Crippen molar-refractivity contribution in [3.8, 4) is 0 Å². The number of hydrogen-bond acceptors (Lipinski definition) is 38. The summed E-state index contributed by atoms with van der Waals surface area (Å²) in [5, 5.41) is 226. The molecule has 4 amide bonds. The smallest absolute Gasteiger partial charge is 0.235 e. The van der Waals surface area contributed by atoms with E-state index in [9.17, 15) is 121 Å². The second-order valence-corrected chi connectivity index (χ2v) is 22.9. The van der Waals surface area contributed by atoms with Crippen molar-refractivity contribution in [2.75, 3.05) is 46.2 Å². The van der Waals surface area contributed by atoms with Gasteiger partial charge in [0.15, 0.2) is 37.7 Å². The normalized spacial score (nSPS) is 47.3. The molecule has 7 saturated heterocycles. The molecule has 0 unspecified atom stereocenters. The van der Waals surface area contributed by atoms with Crippen LogP contribution in [0.4, 0.5) is 0 Å². The Labute approximate surface area is 520 Å². The van der Waals surface area contributed by atoms with Crippen LogP contribution in [0, 0.1) is 0 Å². The Kier molecular flexibility index (Phi) is 27.4. The lowest BCUT2D eigenvalue weighted by Gasteiger charge is -2.51. The first kappa shape index (κ1) is 75.9. The van der Waals surface area contributed by atoms with Gasteiger partial charge in [0.2, 0.25) is 23.6 Å². The molecule has 42 nitrogen and oxygen atoms in total. The van der Waals surface area contributed by atoms with Gasteiger partial charge in [0.05, 0.1) is 64.8 Å². The van der Waals surface area contributed by atoms with Crippen molar-refractivity contribution in [2.24, 2.45) is 11.5 Å². The lowest BCUT2D eigenvalue weighted by atomic mass is 9.93. The predicted octanol–water partition coefficient (Wildman–Crippen LogP) is -17.7. The maximum atomic E-state index is 12.9. The Morgan fingerprint density at radius 1 is 0.348 bits per heavy atom. The minimum atomic E-state index is -2.36. The minimum Gasteiger partial charge on any atom is -0.394 e. The van der Waals surface area contributed by atoms with E-state index in [4.69, 9.17) is 73.0 Å². The van der Waals surface area contributed by atoms with Gasteiger partial charge in [0, 0.05) is 13.8 Å². The molecular weight excluding hydrogens is 1260 g/mol. The number of hydrogen-bond donors (Lipinski definition) is 25. The molecule has 42 heteroatoms. The van der Waals surface area contributed by atoms with Gasteiger partial charge in [-0.05, 0) is 0 Å². The van der Waals surface area contributed by atoms with Crippen molar-refractivity contribution >= 4 is 23.6 Å². The SMILES string of the molecule is CC(=O)N[C@@H]1[C@@H](O)[C@H](O[C@@H]2O[C@H](CO)[C@@H](O[C@@H]3O[C@H](CO)[C@@H](O)[C@H](O)[C@@H]3O[C@@H]3O[C@H](CO)[C@@H](O)[C@H](O)[C@@H]3O[C@@H]3O[C@H](CO)[C@@H](O)[C@H](O)[C@@H]3O[C@@H]3O[C@H](CO)[C@@H](O)[C@H](O)[C@@H]3O[C@@H]3O[C@H](CO)[C@@H](O)[C@H](O)[C@@H]3O)[C@H](O)[C@H]2NC(C)=O)[C@@H](CO)O[C@H]1N[C@@H](CC(N)=O)C(N)=O. The summed E-state index contributed by atoms with van der Waals surface area (Å²) >= 11 is 0. The predicted molar refractivity (Wildman–Crippen MR) is 283 cm³/mol. The van der Waals surface area contributed by atoms with Crippen LogP contribution in [0.25, 0.3) is 0 Å². The molecule has 532 valence electrons. The highest BCUT2D eigenvalue weighted by molar-refractivity contribution is 5.86. The van der Waals surface area contributed by atoms with E-state index in [2.05, 4.69) is 16.0 Å². The number of nitrogens with one attached hydrogen (secondary N) is 3. The van der Waals surface area contributed by atoms with Crippen LogP contribution in [-0.2, 0) is 80.8 Å². The monoisotopic (exact) mass is 1350 g/mol. The van der Waals surface area contributed by atoms with Crippen LogP contribution in [0.2, 0.25) is 0 Å². The summed E-state index contributed by atoms with van der Waals surface area (Å²) in [6.45, 7) is -5.53. The summed E-state index contributed by atoms with van der Waals surface area (Å²) in [4.78, 5) is 49.4. The first-order valence-corrected chi connectivity index (χ1v) is 29.0. The third-order valence-corrected chi connectivity index (χ3v) is 16.5. The minimum absolute atomic E-state index is 0.690. The second-order valence-electron chi connectivity index (χ2n) is 22.9. The third kappa shape index (κ3) is 16.7. The molecule has 0 aromatic heterocycles. The summed E-state index contributed by atoms with van der Waals surface area (Å²) < 4.78 is 76.5. The van der Waals surface area contributed by atoms with Gasteiger partial charge >= 0.3 is 0 Å². The number of primary amides is 2. The van der Waals surface area contributed by atoms with Crippen molar-refractivity contribution < 1.29 is 183 Å². The van der Waals surface area contributed by atoms with Crippen LogP contribution < -0.4 is 27.4 Å². The molecule has 7 heterocycles. The number of carbonyl (C=O) groups excluding carboxylic acids is 4. The maximum Gasteiger partial charge on any atom is 0.235 e. The Hall–Kier alpha value is -3.48. The first-order valence-electron chi connectivity index (χ1n) is 29.0. The quantitative estimate of drug-likeness (QED) is 0.0382. The van der Waals surface area contributed by atoms with E-state index >= 15 is 0 Å². The zero-order chi connectivity index (χ0) is 68.1. The van der Waals surface area contributed by atoms with Gasteiger partial charge in [-0.25, -0.2) is 0 Å². The highest BCUT2D eigenvalue weighted by atomic mass is 16.8. The topological polar surface area (TPSA) is 681 Å². The molecule has 0 bridgehead atoms. The van der Waals surface area contributed by atoms with E-state index in [-0.39, 0.29) is 0 Å². The molecule has 7 rings (SSSR count). The highest BCUT2D eigenvalue weighted by Crippen LogP contribution is 2.39. The molecule has 0 spiro atoms. The average molecular weight is 1350 g/mol. The number of amides is 4. The van der Waals surface area contributed by atoms with Crippen molar-refractivity contribution in [3.05, 3.63) is 0 Å². The van der Waals surface area contributed by atoms with Crippen LogP contribution in [0.3, 0.4) is 0 Å². The molecule has 27 N–H and O–H groups in total. The van der Waals surface area contributed by atoms with Gasteiger partial charge < -0.3 is 186 Å². The number of ether oxygens (including phenoxy) is 13. The number of aliphatic hydroxyl groups excluding tert-OH is 20. The van der Waals surface area contributed by atoms with E-state index in [1.54, 1.807) is 0 Å². The Bertz CT molecular complexity index is 2370. The zero-order valence-electron chi connectivity index (χ0n) is 49.0. The molecule has 0 aliphatic carbocycles. The van der Waals surface area contributed by atoms with Gasteiger partial charge in [-0.15, -0.1) is 0 Å². The zero-order valence-corrected chi connectivity index (χ0v) is 49.0. The standard InChI is InChI=1S/C50H85N5O37/c1-11(63)53-22-29(71)37(19(9-61)80-44(22)55-13(43(52)79)3-21(51)65)87-45-23(54-12(2)64)30(72)38(20(10-62)86-45)88-47-40(33(75)26(68)15(5-57)82-47)90-49-42(35(77)28(70)17(7-59)84-49)92-50-41(34(76)27(69)18(8-60)85-50)91-48-39(32(74)25(67)16(6-58)83-48)89-46-36(78)31(73)24(66)14(4-56)81-46/h13-20,22-42,44-50,55-62,66-78H,3-10H2,1-2H3,(H2,51,65)(H2,52,79)(H,53,63)(H,54,64)/t13-,14+,15+,16+,17+,18+,19+,20+,22+,23+,24+,25+,26+,27+,28+,29+,30+,31-,32-,33-,34-,35-,36-,37+,38+,39-,40-,41-,42-,44+,45-,46-,47-,48-,49-,50-/m0/s1. The summed E-state index contributed by atoms with van der Waals surface area (Å²) in [6.07, 6.45) is -68.9. The molecule has 36 atom stereocenters. The average Bonchev–Trinajstić information content (AvgIpc) is 0.781. The van der Waals surface area contributed by atoms with Gasteiger partial charge in [-0.2, -0.15) is 0 Å². The van der Waals surface area contributed by atoms with E-state index in [1.165, 1.54) is 0 Å². The van der Waals surface area contributed by atoms with Crippen molar-refractivity contribution in [2.45, 2.75) is 241 Å². The fourth-order valence-electron chi connectivity index (χ4n) is 11.5. The number of nitrogens with two attached hydrogens (primary N) is 2. The molecule has 7 aliphatic rings. The molecule has 92 heavy (non-hydrogen) atoms. The lowest BCUT2D eigenvalue weighted by Crippen LogP contribution is -2.72. The summed E-state index contributed by atoms with van der Waals surface area (Å²) in [6, 6.07) is -5.04. The third-order valence-electron chi connectivity index (χ3n) is 16.5. The molecule has 0 aromatic rings. The van der Waals surface area contributed by atoms with Crippen LogP contribution in [0.1, 0.15) is 20.3 Å². The van der Waals surface area contributed by atoms with Crippen LogP contribution in [0.15, 0.2) is 0 Å². The number of carbonyl (C=O) groups is 4. The summed E-state index contributed by atoms with van der Waals surface area (Å²) in [5.74, 6) is -3.83. The van der Waals surface area contributed by atoms with Gasteiger partial charge in [-0.1, -0.05) is 0 Å². The maximum absolute atomic E-state index is 12.9. The lowest BCUT2D eigenvalue weighted by molar-refractivity contribution is -0.416. The summed E-state index contributed by atoms with van der Waals surface area (Å²) in [5.41, 5.74) is 10.7. The van der Waals surface area contributed by atoms with E-state index in [0.717, 1.165) is 13.8 Å². The van der Waals surface area contributed by atoms with Crippen molar-refractivity contribution in [3.63, 3.8) is 0 Å². The summed E-state index contributed by atoms with van der Waals surface area (Å²) in [7, 11) is 0.